The molecule has 1 aliphatic heterocycles. The van der Waals surface area contributed by atoms with Crippen LogP contribution in [0.2, 0.25) is 0 Å². The molecule has 1 aromatic carbocycles. The third kappa shape index (κ3) is 3.71. The Morgan fingerprint density at radius 3 is 2.44 bits per heavy atom. The van der Waals surface area contributed by atoms with Crippen molar-refractivity contribution in [3.63, 3.8) is 0 Å². The number of hydrogen-bond acceptors (Lipinski definition) is 5. The van der Waals surface area contributed by atoms with Crippen molar-refractivity contribution in [2.75, 3.05) is 13.2 Å². The van der Waals surface area contributed by atoms with Gasteiger partial charge in [-0.1, -0.05) is 39.0 Å². The molecule has 36 heavy (non-hydrogen) atoms. The van der Waals surface area contributed by atoms with Crippen LogP contribution in [0.5, 0.6) is 0 Å². The second-order valence-corrected chi connectivity index (χ2v) is 13.1. The molecule has 0 amide bonds. The van der Waals surface area contributed by atoms with E-state index >= 15 is 0 Å². The first-order valence-electron chi connectivity index (χ1n) is 14.3. The van der Waals surface area contributed by atoms with Crippen molar-refractivity contribution in [3.05, 3.63) is 35.9 Å². The predicted molar refractivity (Wildman–Crippen MR) is 136 cm³/mol. The van der Waals surface area contributed by atoms with Crippen LogP contribution in [0.1, 0.15) is 82.5 Å². The Kier molecular flexibility index (Phi) is 6.11. The molecule has 4 aliphatic carbocycles. The van der Waals surface area contributed by atoms with Crippen molar-refractivity contribution in [2.45, 2.75) is 84.0 Å². The van der Waals surface area contributed by atoms with Crippen LogP contribution in [0.25, 0.3) is 0 Å². The minimum atomic E-state index is -0.438. The molecule has 7 unspecified atom stereocenters. The normalized spacial score (nSPS) is 43.8. The minimum absolute atomic E-state index is 0.0833. The van der Waals surface area contributed by atoms with Crippen molar-refractivity contribution in [1.29, 1.82) is 0 Å². The number of hydrogen-bond donors (Lipinski definition) is 0. The fourth-order valence-electron chi connectivity index (χ4n) is 9.80. The first-order valence-corrected chi connectivity index (χ1v) is 14.3. The molecule has 5 aliphatic rings. The third-order valence-corrected chi connectivity index (χ3v) is 11.7. The quantitative estimate of drug-likeness (QED) is 0.376. The maximum atomic E-state index is 13.3. The van der Waals surface area contributed by atoms with Gasteiger partial charge in [0, 0.05) is 24.7 Å². The molecule has 0 radical (unpaired) electrons. The molecule has 1 spiro atoms. The zero-order valence-electron chi connectivity index (χ0n) is 22.1. The molecule has 4 saturated carbocycles. The summed E-state index contributed by atoms with van der Waals surface area (Å²) in [5.74, 6) is 1.63. The van der Waals surface area contributed by atoms with Crippen molar-refractivity contribution in [3.8, 4) is 0 Å². The third-order valence-electron chi connectivity index (χ3n) is 11.7. The number of rotatable bonds is 4. The van der Waals surface area contributed by atoms with Crippen LogP contribution in [0.3, 0.4) is 0 Å². The highest BCUT2D eigenvalue weighted by atomic mass is 16.7. The van der Waals surface area contributed by atoms with Gasteiger partial charge >= 0.3 is 5.97 Å². The van der Waals surface area contributed by atoms with E-state index in [-0.39, 0.29) is 28.8 Å². The largest absolute Gasteiger partial charge is 0.458 e. The van der Waals surface area contributed by atoms with Gasteiger partial charge in [-0.15, -0.1) is 0 Å². The van der Waals surface area contributed by atoms with Crippen LogP contribution in [0.15, 0.2) is 30.3 Å². The van der Waals surface area contributed by atoms with Gasteiger partial charge < -0.3 is 19.0 Å². The summed E-state index contributed by atoms with van der Waals surface area (Å²) < 4.78 is 18.8. The molecule has 1 saturated heterocycles. The Morgan fingerprint density at radius 2 is 1.72 bits per heavy atom. The molecular formula is C31H42O5. The van der Waals surface area contributed by atoms with Crippen LogP contribution in [-0.4, -0.2) is 37.4 Å². The summed E-state index contributed by atoms with van der Waals surface area (Å²) in [5.41, 5.74) is 0.967. The molecule has 0 aromatic heterocycles. The van der Waals surface area contributed by atoms with Crippen LogP contribution < -0.4 is 0 Å². The van der Waals surface area contributed by atoms with Crippen LogP contribution in [0, 0.1) is 46.3 Å². The lowest BCUT2D eigenvalue weighted by atomic mass is 9.43. The minimum Gasteiger partial charge on any atom is -0.458 e. The lowest BCUT2D eigenvalue weighted by molar-refractivity contribution is -0.242. The van der Waals surface area contributed by atoms with Gasteiger partial charge in [0.15, 0.2) is 5.79 Å². The molecule has 6 rings (SSSR count). The Bertz CT molecular complexity index is 986. The summed E-state index contributed by atoms with van der Waals surface area (Å²) in [6, 6.07) is 9.44. The fraction of sp³-hybridized carbons (Fsp3) is 0.742. The number of benzene rings is 1. The first kappa shape index (κ1) is 24.6. The number of aldehydes is 1. The summed E-state index contributed by atoms with van der Waals surface area (Å²) in [6.45, 7) is 8.41. The maximum Gasteiger partial charge on any atom is 0.338 e. The van der Waals surface area contributed by atoms with Gasteiger partial charge in [0.05, 0.1) is 18.8 Å². The van der Waals surface area contributed by atoms with Gasteiger partial charge in [-0.05, 0) is 85.2 Å². The monoisotopic (exact) mass is 494 g/mol. The number of fused-ring (bicyclic) bond motifs is 5. The van der Waals surface area contributed by atoms with Gasteiger partial charge in [-0.2, -0.15) is 0 Å². The number of ether oxygens (including phenoxy) is 3. The van der Waals surface area contributed by atoms with Gasteiger partial charge in [0.1, 0.15) is 12.4 Å². The Balaban J connectivity index is 1.34. The van der Waals surface area contributed by atoms with E-state index < -0.39 is 5.79 Å². The molecule has 5 nitrogen and oxygen atoms in total. The highest BCUT2D eigenvalue weighted by molar-refractivity contribution is 5.89. The fourth-order valence-corrected chi connectivity index (χ4v) is 9.80. The van der Waals surface area contributed by atoms with Crippen molar-refractivity contribution in [2.24, 2.45) is 46.3 Å². The molecular weight excluding hydrogens is 452 g/mol. The summed E-state index contributed by atoms with van der Waals surface area (Å²) in [7, 11) is 0. The molecule has 0 bridgehead atoms. The Morgan fingerprint density at radius 1 is 1.00 bits per heavy atom. The van der Waals surface area contributed by atoms with Crippen LogP contribution >= 0.6 is 0 Å². The molecule has 5 fully saturated rings. The van der Waals surface area contributed by atoms with E-state index in [1.807, 2.05) is 30.3 Å². The highest BCUT2D eigenvalue weighted by Gasteiger charge is 2.65. The van der Waals surface area contributed by atoms with Gasteiger partial charge in [0.2, 0.25) is 0 Å². The van der Waals surface area contributed by atoms with Gasteiger partial charge in [-0.25, -0.2) is 4.79 Å². The van der Waals surface area contributed by atoms with Crippen LogP contribution in [0.4, 0.5) is 0 Å². The summed E-state index contributed by atoms with van der Waals surface area (Å²) in [5, 5.41) is 0. The van der Waals surface area contributed by atoms with Gasteiger partial charge in [-0.3, -0.25) is 0 Å². The summed E-state index contributed by atoms with van der Waals surface area (Å²) in [4.78, 5) is 25.2. The average molecular weight is 495 g/mol. The van der Waals surface area contributed by atoms with E-state index in [0.29, 0.717) is 48.4 Å². The standard InChI is InChI=1S/C31H42O5/c1-20(19-32)23-9-10-24-27-25(11-12-30(23,24)3)29(2)13-14-31(34-15-16-35-31)18-22(29)17-26(27)36-28(33)21-7-5-4-6-8-21/h4-8,19-20,22-27H,9-18H2,1-3H3/t20?,22-,23?,24?,25?,26+,27?,29?,30?/m0/s1. The molecule has 1 heterocycles. The lowest BCUT2D eigenvalue weighted by Gasteiger charge is -2.63. The van der Waals surface area contributed by atoms with Crippen LogP contribution in [-0.2, 0) is 19.0 Å². The summed E-state index contributed by atoms with van der Waals surface area (Å²) >= 11 is 0. The molecule has 5 heteroatoms. The van der Waals surface area contributed by atoms with E-state index in [0.717, 1.165) is 51.2 Å². The molecule has 196 valence electrons. The molecule has 1 aromatic rings. The zero-order valence-corrected chi connectivity index (χ0v) is 22.1. The van der Waals surface area contributed by atoms with Gasteiger partial charge in [0.25, 0.3) is 0 Å². The Hall–Kier alpha value is -1.72. The maximum absolute atomic E-state index is 13.3. The highest BCUT2D eigenvalue weighted by Crippen LogP contribution is 2.69. The van der Waals surface area contributed by atoms with Crippen molar-refractivity contribution < 1.29 is 23.8 Å². The Labute approximate surface area is 215 Å². The lowest BCUT2D eigenvalue weighted by Crippen LogP contribution is -2.60. The van der Waals surface area contributed by atoms with Crippen molar-refractivity contribution >= 4 is 12.3 Å². The molecule has 9 atom stereocenters. The second-order valence-electron chi connectivity index (χ2n) is 13.1. The van der Waals surface area contributed by atoms with E-state index in [4.69, 9.17) is 14.2 Å². The number of carbonyl (C=O) groups is 2. The first-order chi connectivity index (χ1) is 17.3. The predicted octanol–water partition coefficient (Wildman–Crippen LogP) is 6.06. The summed E-state index contributed by atoms with van der Waals surface area (Å²) in [6.07, 6.45) is 9.47. The smallest absolute Gasteiger partial charge is 0.338 e. The van der Waals surface area contributed by atoms with E-state index in [1.54, 1.807) is 0 Å². The second kappa shape index (κ2) is 8.94. The topological polar surface area (TPSA) is 61.8 Å². The number of carbonyl (C=O) groups excluding carboxylic acids is 2. The van der Waals surface area contributed by atoms with E-state index in [9.17, 15) is 9.59 Å². The molecule has 0 N–H and O–H groups in total. The van der Waals surface area contributed by atoms with Crippen molar-refractivity contribution in [1.82, 2.24) is 0 Å². The zero-order chi connectivity index (χ0) is 25.1. The average Bonchev–Trinajstić information content (AvgIpc) is 3.49. The number of esters is 1. The SMILES string of the molecule is CC(C=O)C1CCC2C3C(CCC12C)C1(C)CCC2(C[C@@H]1C[C@H]3OC(=O)c1ccccc1)OCCO2. The van der Waals surface area contributed by atoms with E-state index in [2.05, 4.69) is 20.8 Å². The van der Waals surface area contributed by atoms with E-state index in [1.165, 1.54) is 6.42 Å².